The monoisotopic (exact) mass is 522 g/mol. The van der Waals surface area contributed by atoms with E-state index in [2.05, 4.69) is 25.6 Å². The highest BCUT2D eigenvalue weighted by Gasteiger charge is 2.27. The molecule has 35 heavy (non-hydrogen) atoms. The lowest BCUT2D eigenvalue weighted by atomic mass is 10.1. The molecule has 0 aliphatic carbocycles. The molecule has 0 aromatic carbocycles. The highest BCUT2D eigenvalue weighted by atomic mass is 35.5. The zero-order valence-electron chi connectivity index (χ0n) is 19.6. The van der Waals surface area contributed by atoms with Crippen molar-refractivity contribution >= 4 is 48.1 Å². The Hall–Kier alpha value is -3.53. The molecule has 0 aliphatic rings. The summed E-state index contributed by atoms with van der Waals surface area (Å²) < 4.78 is 0. The number of nitrogens with zero attached hydrogens (tertiary/aromatic N) is 3. The second-order valence-electron chi connectivity index (χ2n) is 7.41. The Kier molecular flexibility index (Phi) is 18.1. The minimum Gasteiger partial charge on any atom is -0.480 e. The van der Waals surface area contributed by atoms with Gasteiger partial charge in [0.25, 0.3) is 0 Å². The van der Waals surface area contributed by atoms with Crippen LogP contribution in [-0.2, 0) is 14.4 Å². The first-order chi connectivity index (χ1) is 15.9. The first-order valence-corrected chi connectivity index (χ1v) is 10.7. The van der Waals surface area contributed by atoms with Gasteiger partial charge in [-0.3, -0.25) is 24.6 Å². The molecule has 3 atom stereocenters. The van der Waals surface area contributed by atoms with E-state index in [-0.39, 0.29) is 62.6 Å². The number of carboxylic acid groups (broad SMARTS) is 1. The highest BCUT2D eigenvalue weighted by molar-refractivity contribution is 5.91. The molecule has 0 spiro atoms. The molecule has 0 saturated carbocycles. The van der Waals surface area contributed by atoms with Gasteiger partial charge in [0, 0.05) is 19.6 Å². The van der Waals surface area contributed by atoms with Crippen LogP contribution in [0.1, 0.15) is 38.5 Å². The number of nitrogens with two attached hydrogens (primary N) is 7. The van der Waals surface area contributed by atoms with Crippen LogP contribution in [0.15, 0.2) is 15.0 Å². The molecule has 0 bridgehead atoms. The Labute approximate surface area is 210 Å². The van der Waals surface area contributed by atoms with Crippen molar-refractivity contribution in [3.8, 4) is 0 Å². The van der Waals surface area contributed by atoms with Crippen LogP contribution >= 0.6 is 12.4 Å². The third kappa shape index (κ3) is 17.6. The number of carbonyl (C=O) groups excluding carboxylic acids is 2. The Morgan fingerprint density at radius 3 is 1.43 bits per heavy atom. The number of hydrogen-bond donors (Lipinski definition) is 10. The number of guanidine groups is 3. The normalized spacial score (nSPS) is 12.6. The minimum atomic E-state index is -1.24. The van der Waals surface area contributed by atoms with Crippen molar-refractivity contribution in [2.24, 2.45) is 55.1 Å². The SMILES string of the molecule is Cl.NC(N)=NCCC[C@H](NC(=O)[C@H](CCCN=C(N)N)NC(=O)[C@@H](N)CCCN=C(N)N)C(=O)O. The molecular formula is C18H39ClN12O4. The average molecular weight is 523 g/mol. The largest absolute Gasteiger partial charge is 0.480 e. The molecule has 17 N–H and O–H groups in total. The number of carboxylic acids is 1. The quantitative estimate of drug-likeness (QED) is 0.0497. The molecule has 202 valence electrons. The Bertz CT molecular complexity index is 750. The fourth-order valence-corrected chi connectivity index (χ4v) is 2.73. The number of nitrogens with one attached hydrogen (secondary N) is 2. The van der Waals surface area contributed by atoms with Crippen LogP contribution < -0.4 is 50.8 Å². The standard InChI is InChI=1S/C18H38N12O4.ClH/c19-10(4-1-7-26-16(20)21)13(31)29-11(5-2-8-27-17(22)23)14(32)30-12(15(33)34)6-3-9-28-18(24)25;/h10-12H,1-9,19H2,(H,29,31)(H,30,32)(H,33,34)(H4,20,21,26)(H4,22,23,27)(H4,24,25,28);1H/t10-,11-,12-;/m0./s1. The van der Waals surface area contributed by atoms with Crippen LogP contribution in [0.4, 0.5) is 0 Å². The first kappa shape index (κ1) is 33.6. The Balaban J connectivity index is 0. The van der Waals surface area contributed by atoms with Crippen molar-refractivity contribution in [3.05, 3.63) is 0 Å². The molecule has 0 aromatic rings. The van der Waals surface area contributed by atoms with Gasteiger partial charge in [-0.1, -0.05) is 0 Å². The van der Waals surface area contributed by atoms with Crippen LogP contribution in [-0.4, -0.2) is 78.5 Å². The number of carbonyl (C=O) groups is 3. The van der Waals surface area contributed by atoms with Gasteiger partial charge >= 0.3 is 5.97 Å². The van der Waals surface area contributed by atoms with Gasteiger partial charge in [0.2, 0.25) is 11.8 Å². The van der Waals surface area contributed by atoms with Gasteiger partial charge in [-0.25, -0.2) is 4.79 Å². The summed E-state index contributed by atoms with van der Waals surface area (Å²) in [4.78, 5) is 48.3. The topological polar surface area (TPSA) is 315 Å². The maximum Gasteiger partial charge on any atom is 0.326 e. The Morgan fingerprint density at radius 2 is 1.03 bits per heavy atom. The van der Waals surface area contributed by atoms with E-state index in [1.807, 2.05) is 0 Å². The molecular weight excluding hydrogens is 484 g/mol. The first-order valence-electron chi connectivity index (χ1n) is 10.7. The minimum absolute atomic E-state index is 0. The molecule has 0 rings (SSSR count). The summed E-state index contributed by atoms with van der Waals surface area (Å²) in [5, 5.41) is 14.4. The summed E-state index contributed by atoms with van der Waals surface area (Å²) in [6.45, 7) is 0.717. The average Bonchev–Trinajstić information content (AvgIpc) is 2.74. The number of halogens is 1. The second kappa shape index (κ2) is 18.8. The summed E-state index contributed by atoms with van der Waals surface area (Å²) in [5.74, 6) is -2.79. The van der Waals surface area contributed by atoms with Crippen molar-refractivity contribution in [2.75, 3.05) is 19.6 Å². The summed E-state index contributed by atoms with van der Waals surface area (Å²) in [6, 6.07) is -3.17. The lowest BCUT2D eigenvalue weighted by molar-refractivity contribution is -0.142. The van der Waals surface area contributed by atoms with Gasteiger partial charge in [-0.2, -0.15) is 0 Å². The lowest BCUT2D eigenvalue weighted by Crippen LogP contribution is -2.54. The van der Waals surface area contributed by atoms with Crippen molar-refractivity contribution in [3.63, 3.8) is 0 Å². The van der Waals surface area contributed by atoms with E-state index in [9.17, 15) is 19.5 Å². The van der Waals surface area contributed by atoms with Crippen molar-refractivity contribution in [1.29, 1.82) is 0 Å². The van der Waals surface area contributed by atoms with Gasteiger partial charge in [0.15, 0.2) is 17.9 Å². The summed E-state index contributed by atoms with van der Waals surface area (Å²) in [6.07, 6.45) is 1.61. The lowest BCUT2D eigenvalue weighted by Gasteiger charge is -2.23. The number of aliphatic carboxylic acids is 1. The molecule has 2 amide bonds. The fourth-order valence-electron chi connectivity index (χ4n) is 2.73. The maximum absolute atomic E-state index is 12.8. The second-order valence-corrected chi connectivity index (χ2v) is 7.41. The van der Waals surface area contributed by atoms with E-state index in [1.54, 1.807) is 0 Å². The van der Waals surface area contributed by atoms with Crippen LogP contribution in [0.25, 0.3) is 0 Å². The predicted octanol–water partition coefficient (Wildman–Crippen LogP) is -4.05. The summed E-state index contributed by atoms with van der Waals surface area (Å²) in [5.41, 5.74) is 37.4. The predicted molar refractivity (Wildman–Crippen MR) is 136 cm³/mol. The highest BCUT2D eigenvalue weighted by Crippen LogP contribution is 2.05. The third-order valence-electron chi connectivity index (χ3n) is 4.44. The zero-order chi connectivity index (χ0) is 26.1. The molecule has 0 saturated heterocycles. The van der Waals surface area contributed by atoms with Crippen LogP contribution in [0, 0.1) is 0 Å². The van der Waals surface area contributed by atoms with E-state index in [0.717, 1.165) is 0 Å². The van der Waals surface area contributed by atoms with Gasteiger partial charge < -0.3 is 55.9 Å². The molecule has 0 aromatic heterocycles. The van der Waals surface area contributed by atoms with E-state index in [0.29, 0.717) is 25.8 Å². The van der Waals surface area contributed by atoms with E-state index in [1.165, 1.54) is 0 Å². The van der Waals surface area contributed by atoms with Gasteiger partial charge in [0.1, 0.15) is 12.1 Å². The van der Waals surface area contributed by atoms with Crippen LogP contribution in [0.2, 0.25) is 0 Å². The van der Waals surface area contributed by atoms with Gasteiger partial charge in [0.05, 0.1) is 6.04 Å². The van der Waals surface area contributed by atoms with Crippen LogP contribution in [0.5, 0.6) is 0 Å². The molecule has 0 fully saturated rings. The smallest absolute Gasteiger partial charge is 0.326 e. The number of aliphatic imine (C=N–C) groups is 3. The summed E-state index contributed by atoms with van der Waals surface area (Å²) in [7, 11) is 0. The number of hydrogen-bond acceptors (Lipinski definition) is 7. The summed E-state index contributed by atoms with van der Waals surface area (Å²) >= 11 is 0. The van der Waals surface area contributed by atoms with E-state index < -0.39 is 35.9 Å². The van der Waals surface area contributed by atoms with Crippen molar-refractivity contribution in [1.82, 2.24) is 10.6 Å². The van der Waals surface area contributed by atoms with E-state index in [4.69, 9.17) is 40.1 Å². The molecule has 0 radical (unpaired) electrons. The zero-order valence-corrected chi connectivity index (χ0v) is 20.4. The number of amides is 2. The molecule has 0 aliphatic heterocycles. The third-order valence-corrected chi connectivity index (χ3v) is 4.44. The van der Waals surface area contributed by atoms with Gasteiger partial charge in [-0.15, -0.1) is 12.4 Å². The molecule has 0 heterocycles. The van der Waals surface area contributed by atoms with Crippen molar-refractivity contribution < 1.29 is 19.5 Å². The van der Waals surface area contributed by atoms with Crippen LogP contribution in [0.3, 0.4) is 0 Å². The molecule has 17 heteroatoms. The Morgan fingerprint density at radius 1 is 0.657 bits per heavy atom. The van der Waals surface area contributed by atoms with Gasteiger partial charge in [-0.05, 0) is 38.5 Å². The van der Waals surface area contributed by atoms with E-state index >= 15 is 0 Å². The number of rotatable bonds is 17. The van der Waals surface area contributed by atoms with Crippen molar-refractivity contribution in [2.45, 2.75) is 56.7 Å². The maximum atomic E-state index is 12.8. The molecule has 0 unspecified atom stereocenters. The molecule has 16 nitrogen and oxygen atoms in total. The fraction of sp³-hybridized carbons (Fsp3) is 0.667.